The van der Waals surface area contributed by atoms with Crippen LogP contribution < -0.4 is 4.90 Å². The molecule has 2 fully saturated rings. The zero-order chi connectivity index (χ0) is 22.5. The van der Waals surface area contributed by atoms with Crippen molar-refractivity contribution in [3.05, 3.63) is 102 Å². The first-order chi connectivity index (χ1) is 16.2. The fourth-order valence-electron chi connectivity index (χ4n) is 6.11. The lowest BCUT2D eigenvalue weighted by Gasteiger charge is -2.50. The molecule has 3 heteroatoms. The van der Waals surface area contributed by atoms with Crippen LogP contribution in [0.4, 0.5) is 5.69 Å². The molecule has 0 aromatic heterocycles. The molecular weight excluding hydrogens is 404 g/mol. The molecule has 0 spiro atoms. The minimum Gasteiger partial charge on any atom is -0.389 e. The molecule has 1 aliphatic carbocycles. The van der Waals surface area contributed by atoms with Crippen molar-refractivity contribution in [2.24, 2.45) is 5.92 Å². The van der Waals surface area contributed by atoms with E-state index < -0.39 is 5.60 Å². The number of hydrogen-bond donors (Lipinski definition) is 1. The Kier molecular flexibility index (Phi) is 6.80. The lowest BCUT2D eigenvalue weighted by molar-refractivity contribution is -0.0841. The van der Waals surface area contributed by atoms with Gasteiger partial charge in [-0.15, -0.1) is 0 Å². The van der Waals surface area contributed by atoms with E-state index in [-0.39, 0.29) is 12.0 Å². The molecule has 1 N–H and O–H groups in total. The highest BCUT2D eigenvalue weighted by atomic mass is 16.3. The Morgan fingerprint density at radius 2 is 1.36 bits per heavy atom. The van der Waals surface area contributed by atoms with Crippen molar-refractivity contribution >= 4 is 5.69 Å². The van der Waals surface area contributed by atoms with E-state index in [0.29, 0.717) is 0 Å². The van der Waals surface area contributed by atoms with Crippen LogP contribution >= 0.6 is 0 Å². The number of rotatable bonds is 6. The monoisotopic (exact) mass is 440 g/mol. The first kappa shape index (κ1) is 22.2. The molecule has 3 aromatic rings. The van der Waals surface area contributed by atoms with Gasteiger partial charge in [-0.2, -0.15) is 0 Å². The molecule has 3 atom stereocenters. The number of hydrogen-bond acceptors (Lipinski definition) is 3. The molecule has 5 rings (SSSR count). The SMILES string of the molecule is OC1(Cc2ccccc2)CCCCC1C(c1ccccc1)N1CCN(c2ccccc2)CC1. The van der Waals surface area contributed by atoms with Gasteiger partial charge in [0.1, 0.15) is 0 Å². The number of nitrogens with zero attached hydrogens (tertiary/aromatic N) is 2. The van der Waals surface area contributed by atoms with Crippen LogP contribution in [0.3, 0.4) is 0 Å². The molecule has 1 heterocycles. The summed E-state index contributed by atoms with van der Waals surface area (Å²) in [4.78, 5) is 5.15. The topological polar surface area (TPSA) is 26.7 Å². The maximum Gasteiger partial charge on any atom is 0.0734 e. The molecule has 0 amide bonds. The minimum absolute atomic E-state index is 0.233. The second-order valence-corrected chi connectivity index (χ2v) is 9.83. The van der Waals surface area contributed by atoms with Gasteiger partial charge in [-0.05, 0) is 36.1 Å². The molecule has 0 bridgehead atoms. The summed E-state index contributed by atoms with van der Waals surface area (Å²) in [6.45, 7) is 4.09. The average Bonchev–Trinajstić information content (AvgIpc) is 2.88. The Morgan fingerprint density at radius 1 is 0.758 bits per heavy atom. The van der Waals surface area contributed by atoms with Gasteiger partial charge in [-0.25, -0.2) is 0 Å². The van der Waals surface area contributed by atoms with Crippen LogP contribution in [0, 0.1) is 5.92 Å². The lowest BCUT2D eigenvalue weighted by atomic mass is 9.67. The second-order valence-electron chi connectivity index (χ2n) is 9.83. The third-order valence-corrected chi connectivity index (χ3v) is 7.77. The number of benzene rings is 3. The van der Waals surface area contributed by atoms with Gasteiger partial charge in [0.15, 0.2) is 0 Å². The Bertz CT molecular complexity index is 986. The Labute approximate surface area is 198 Å². The van der Waals surface area contributed by atoms with E-state index in [2.05, 4.69) is 101 Å². The van der Waals surface area contributed by atoms with Gasteiger partial charge in [0, 0.05) is 50.2 Å². The molecular formula is C30H36N2O. The molecule has 33 heavy (non-hydrogen) atoms. The van der Waals surface area contributed by atoms with Crippen molar-refractivity contribution in [2.45, 2.75) is 43.7 Å². The molecule has 3 unspecified atom stereocenters. The van der Waals surface area contributed by atoms with Crippen molar-refractivity contribution in [1.29, 1.82) is 0 Å². The highest BCUT2D eigenvalue weighted by Gasteiger charge is 2.45. The molecule has 3 aromatic carbocycles. The summed E-state index contributed by atoms with van der Waals surface area (Å²) in [5, 5.41) is 12.1. The summed E-state index contributed by atoms with van der Waals surface area (Å²) in [7, 11) is 0. The highest BCUT2D eigenvalue weighted by molar-refractivity contribution is 5.46. The van der Waals surface area contributed by atoms with Crippen LogP contribution in [0.2, 0.25) is 0 Å². The van der Waals surface area contributed by atoms with Crippen LogP contribution in [0.1, 0.15) is 42.9 Å². The molecule has 1 aliphatic heterocycles. The van der Waals surface area contributed by atoms with Crippen molar-refractivity contribution in [1.82, 2.24) is 4.90 Å². The molecule has 3 nitrogen and oxygen atoms in total. The maximum atomic E-state index is 12.1. The molecule has 0 radical (unpaired) electrons. The van der Waals surface area contributed by atoms with Gasteiger partial charge in [0.2, 0.25) is 0 Å². The predicted molar refractivity (Wildman–Crippen MR) is 136 cm³/mol. The summed E-state index contributed by atoms with van der Waals surface area (Å²) < 4.78 is 0. The lowest BCUT2D eigenvalue weighted by Crippen LogP contribution is -2.54. The quantitative estimate of drug-likeness (QED) is 0.531. The summed E-state index contributed by atoms with van der Waals surface area (Å²) in [6.07, 6.45) is 5.03. The fraction of sp³-hybridized carbons (Fsp3) is 0.400. The Morgan fingerprint density at radius 3 is 2.03 bits per heavy atom. The fourth-order valence-corrected chi connectivity index (χ4v) is 6.11. The van der Waals surface area contributed by atoms with E-state index in [1.54, 1.807) is 0 Å². The van der Waals surface area contributed by atoms with Crippen LogP contribution in [-0.2, 0) is 6.42 Å². The summed E-state index contributed by atoms with van der Waals surface area (Å²) in [6, 6.07) is 32.5. The van der Waals surface area contributed by atoms with Gasteiger partial charge in [0.25, 0.3) is 0 Å². The number of para-hydroxylation sites is 1. The number of anilines is 1. The van der Waals surface area contributed by atoms with E-state index in [1.807, 2.05) is 0 Å². The predicted octanol–water partition coefficient (Wildman–Crippen LogP) is 5.71. The first-order valence-electron chi connectivity index (χ1n) is 12.6. The Balaban J connectivity index is 1.41. The summed E-state index contributed by atoms with van der Waals surface area (Å²) in [5.74, 6) is 0.233. The minimum atomic E-state index is -0.670. The largest absolute Gasteiger partial charge is 0.389 e. The van der Waals surface area contributed by atoms with Gasteiger partial charge in [-0.3, -0.25) is 4.90 Å². The third kappa shape index (κ3) is 5.00. The van der Waals surface area contributed by atoms with Gasteiger partial charge < -0.3 is 10.0 Å². The van der Waals surface area contributed by atoms with Gasteiger partial charge in [0.05, 0.1) is 5.60 Å². The van der Waals surface area contributed by atoms with Crippen LogP contribution in [0.15, 0.2) is 91.0 Å². The summed E-state index contributed by atoms with van der Waals surface area (Å²) in [5.41, 5.74) is 3.24. The van der Waals surface area contributed by atoms with Gasteiger partial charge >= 0.3 is 0 Å². The molecule has 2 aliphatic rings. The number of aliphatic hydroxyl groups is 1. The highest BCUT2D eigenvalue weighted by Crippen LogP contribution is 2.46. The first-order valence-corrected chi connectivity index (χ1v) is 12.6. The van der Waals surface area contributed by atoms with Gasteiger partial charge in [-0.1, -0.05) is 91.7 Å². The zero-order valence-corrected chi connectivity index (χ0v) is 19.5. The van der Waals surface area contributed by atoms with Crippen LogP contribution in [0.5, 0.6) is 0 Å². The molecule has 172 valence electrons. The number of piperazine rings is 1. The molecule has 1 saturated carbocycles. The van der Waals surface area contributed by atoms with E-state index in [4.69, 9.17) is 0 Å². The smallest absolute Gasteiger partial charge is 0.0734 e. The van der Waals surface area contributed by atoms with E-state index >= 15 is 0 Å². The third-order valence-electron chi connectivity index (χ3n) is 7.77. The standard InChI is InChI=1S/C30H36N2O/c33-30(24-25-12-4-1-5-13-25)19-11-10-18-28(30)29(26-14-6-2-7-15-26)32-22-20-31(21-23-32)27-16-8-3-9-17-27/h1-9,12-17,28-29,33H,10-11,18-24H2. The average molecular weight is 441 g/mol. The van der Waals surface area contributed by atoms with Crippen molar-refractivity contribution in [3.63, 3.8) is 0 Å². The zero-order valence-electron chi connectivity index (χ0n) is 19.5. The van der Waals surface area contributed by atoms with E-state index in [9.17, 15) is 5.11 Å². The molecule has 1 saturated heterocycles. The maximum absolute atomic E-state index is 12.1. The normalized spacial score (nSPS) is 25.0. The second kappa shape index (κ2) is 10.1. The van der Waals surface area contributed by atoms with Crippen LogP contribution in [-0.4, -0.2) is 41.8 Å². The van der Waals surface area contributed by atoms with Crippen molar-refractivity contribution in [2.75, 3.05) is 31.1 Å². The van der Waals surface area contributed by atoms with E-state index in [1.165, 1.54) is 23.2 Å². The van der Waals surface area contributed by atoms with Crippen molar-refractivity contribution in [3.8, 4) is 0 Å². The van der Waals surface area contributed by atoms with Crippen molar-refractivity contribution < 1.29 is 5.11 Å². The summed E-state index contributed by atoms with van der Waals surface area (Å²) >= 11 is 0. The van der Waals surface area contributed by atoms with E-state index in [0.717, 1.165) is 51.9 Å². The Hall–Kier alpha value is -2.62. The van der Waals surface area contributed by atoms with Crippen LogP contribution in [0.25, 0.3) is 0 Å².